The second-order valence-corrected chi connectivity index (χ2v) is 8.06. The van der Waals surface area contributed by atoms with Crippen LogP contribution in [0.3, 0.4) is 0 Å². The number of β-amino-alcohol motifs (C(OH)–C–C–N with tert-alkyl or cyclic N) is 1. The van der Waals surface area contributed by atoms with Crippen LogP contribution in [0.15, 0.2) is 35.1 Å². The number of aromatic amines is 1. The van der Waals surface area contributed by atoms with Crippen LogP contribution < -0.4 is 15.4 Å². The van der Waals surface area contributed by atoms with Gasteiger partial charge in [0.1, 0.15) is 23.0 Å². The number of amides is 1. The highest BCUT2D eigenvalue weighted by atomic mass is 19.1. The van der Waals surface area contributed by atoms with Crippen LogP contribution in [-0.4, -0.2) is 47.2 Å². The van der Waals surface area contributed by atoms with Gasteiger partial charge in [0.2, 0.25) is 11.9 Å². The predicted molar refractivity (Wildman–Crippen MR) is 111 cm³/mol. The fourth-order valence-electron chi connectivity index (χ4n) is 4.87. The molecule has 10 heteroatoms. The minimum Gasteiger partial charge on any atom is -0.395 e. The van der Waals surface area contributed by atoms with E-state index in [9.17, 15) is 27.9 Å². The molecule has 32 heavy (non-hydrogen) atoms. The van der Waals surface area contributed by atoms with Crippen molar-refractivity contribution < 1.29 is 23.1 Å². The number of carbonyl (C=O) groups excluding carboxylic acids is 1. The number of anilines is 2. The van der Waals surface area contributed by atoms with E-state index >= 15 is 0 Å². The zero-order valence-electron chi connectivity index (χ0n) is 16.9. The van der Waals surface area contributed by atoms with Crippen molar-refractivity contribution in [3.05, 3.63) is 63.7 Å². The summed E-state index contributed by atoms with van der Waals surface area (Å²) < 4.78 is 42.9. The van der Waals surface area contributed by atoms with Gasteiger partial charge in [-0.25, -0.2) is 18.2 Å². The summed E-state index contributed by atoms with van der Waals surface area (Å²) in [5.41, 5.74) is -1.48. The van der Waals surface area contributed by atoms with Gasteiger partial charge in [0, 0.05) is 31.3 Å². The second kappa shape index (κ2) is 7.33. The van der Waals surface area contributed by atoms with Crippen LogP contribution in [0.1, 0.15) is 18.4 Å². The lowest BCUT2D eigenvalue weighted by Crippen LogP contribution is -2.50. The summed E-state index contributed by atoms with van der Waals surface area (Å²) in [5, 5.41) is 9.49. The van der Waals surface area contributed by atoms with Crippen molar-refractivity contribution >= 4 is 28.4 Å². The number of carbonyl (C=O) groups is 1. The Hall–Kier alpha value is -3.40. The van der Waals surface area contributed by atoms with Gasteiger partial charge in [0.15, 0.2) is 0 Å². The number of aliphatic hydroxyl groups excluding tert-OH is 1. The van der Waals surface area contributed by atoms with E-state index in [0.29, 0.717) is 0 Å². The molecule has 2 aliphatic rings. The number of aliphatic hydroxyl groups is 1. The summed E-state index contributed by atoms with van der Waals surface area (Å²) in [6.07, 6.45) is 0.366. The van der Waals surface area contributed by atoms with Crippen molar-refractivity contribution in [2.24, 2.45) is 0 Å². The summed E-state index contributed by atoms with van der Waals surface area (Å²) in [6.45, 7) is 0.0497. The molecule has 7 nitrogen and oxygen atoms in total. The Morgan fingerprint density at radius 1 is 1.09 bits per heavy atom. The van der Waals surface area contributed by atoms with E-state index in [1.165, 1.54) is 23.1 Å². The molecule has 1 spiro atoms. The fraction of sp³-hybridized carbons (Fsp3) is 0.318. The Bertz CT molecular complexity index is 1300. The van der Waals surface area contributed by atoms with Crippen LogP contribution >= 0.6 is 0 Å². The van der Waals surface area contributed by atoms with E-state index in [1.54, 1.807) is 4.90 Å². The predicted octanol–water partition coefficient (Wildman–Crippen LogP) is 2.22. The number of piperidine rings is 1. The fourth-order valence-corrected chi connectivity index (χ4v) is 4.87. The molecule has 3 heterocycles. The lowest BCUT2D eigenvalue weighted by Gasteiger charge is -2.38. The van der Waals surface area contributed by atoms with Gasteiger partial charge >= 0.3 is 0 Å². The molecule has 1 fully saturated rings. The van der Waals surface area contributed by atoms with Crippen LogP contribution in [0.2, 0.25) is 0 Å². The van der Waals surface area contributed by atoms with Gasteiger partial charge in [0.25, 0.3) is 5.56 Å². The Kier molecular flexibility index (Phi) is 4.70. The van der Waals surface area contributed by atoms with E-state index < -0.39 is 34.3 Å². The number of hydrogen-bond acceptors (Lipinski definition) is 5. The molecule has 2 aromatic carbocycles. The minimum absolute atomic E-state index is 0.0514. The maximum Gasteiger partial charge on any atom is 0.260 e. The smallest absolute Gasteiger partial charge is 0.260 e. The first-order valence-electron chi connectivity index (χ1n) is 10.2. The van der Waals surface area contributed by atoms with Crippen LogP contribution in [0.5, 0.6) is 0 Å². The quantitative estimate of drug-likeness (QED) is 0.647. The molecule has 0 saturated carbocycles. The normalized spacial score (nSPS) is 17.4. The largest absolute Gasteiger partial charge is 0.395 e. The third kappa shape index (κ3) is 2.89. The van der Waals surface area contributed by atoms with E-state index in [4.69, 9.17) is 0 Å². The van der Waals surface area contributed by atoms with Crippen molar-refractivity contribution in [1.82, 2.24) is 9.97 Å². The van der Waals surface area contributed by atoms with E-state index in [2.05, 4.69) is 9.97 Å². The van der Waals surface area contributed by atoms with Gasteiger partial charge in [-0.05, 0) is 31.0 Å². The van der Waals surface area contributed by atoms with Crippen molar-refractivity contribution in [1.29, 1.82) is 0 Å². The van der Waals surface area contributed by atoms with Crippen molar-refractivity contribution in [2.45, 2.75) is 18.3 Å². The number of fused-ring (bicyclic) bond motifs is 3. The number of para-hydroxylation sites is 1. The average molecular weight is 444 g/mol. The van der Waals surface area contributed by atoms with Gasteiger partial charge in [-0.15, -0.1) is 0 Å². The van der Waals surface area contributed by atoms with Crippen molar-refractivity contribution in [2.75, 3.05) is 36.0 Å². The number of benzene rings is 2. The van der Waals surface area contributed by atoms with Crippen LogP contribution in [0, 0.1) is 17.5 Å². The van der Waals surface area contributed by atoms with Gasteiger partial charge in [-0.2, -0.15) is 0 Å². The van der Waals surface area contributed by atoms with Gasteiger partial charge in [-0.3, -0.25) is 14.6 Å². The highest BCUT2D eigenvalue weighted by molar-refractivity contribution is 6.08. The first-order chi connectivity index (χ1) is 15.4. The molecular formula is C22H19F3N4O3. The van der Waals surface area contributed by atoms with Gasteiger partial charge < -0.3 is 14.9 Å². The molecule has 2 N–H and O–H groups in total. The maximum absolute atomic E-state index is 14.9. The SMILES string of the molecule is O=C1N(CCO)c2cc(F)cc(F)c2C12CCN(c1nc3c(F)cccc3c(=O)[nH]1)CC2. The second-order valence-electron chi connectivity index (χ2n) is 8.06. The van der Waals surface area contributed by atoms with E-state index in [0.717, 1.165) is 12.1 Å². The monoisotopic (exact) mass is 444 g/mol. The molecule has 1 amide bonds. The first-order valence-corrected chi connectivity index (χ1v) is 10.2. The zero-order chi connectivity index (χ0) is 22.6. The summed E-state index contributed by atoms with van der Waals surface area (Å²) in [4.78, 5) is 35.5. The molecule has 0 unspecified atom stereocenters. The standard InChI is InChI=1S/C22H19F3N4O3/c23-12-10-15(25)17-16(11-12)29(8-9-30)20(32)22(17)4-6-28(7-5-22)21-26-18-13(19(31)27-21)2-1-3-14(18)24/h1-3,10-11,30H,4-9H2,(H,26,27,31). The van der Waals surface area contributed by atoms with Crippen LogP contribution in [0.25, 0.3) is 10.9 Å². The summed E-state index contributed by atoms with van der Waals surface area (Å²) >= 11 is 0. The highest BCUT2D eigenvalue weighted by Crippen LogP contribution is 2.49. The van der Waals surface area contributed by atoms with Crippen molar-refractivity contribution in [3.8, 4) is 0 Å². The Balaban J connectivity index is 1.51. The molecule has 2 aliphatic heterocycles. The number of nitrogens with one attached hydrogen (secondary N) is 1. The summed E-state index contributed by atoms with van der Waals surface area (Å²) in [6, 6.07) is 5.99. The van der Waals surface area contributed by atoms with Crippen LogP contribution in [-0.2, 0) is 10.2 Å². The molecular weight excluding hydrogens is 425 g/mol. The number of rotatable bonds is 3. The molecule has 166 valence electrons. The third-order valence-corrected chi connectivity index (χ3v) is 6.37. The number of hydrogen-bond donors (Lipinski definition) is 2. The summed E-state index contributed by atoms with van der Waals surface area (Å²) in [5.74, 6) is -2.45. The Morgan fingerprint density at radius 2 is 1.84 bits per heavy atom. The topological polar surface area (TPSA) is 89.5 Å². The molecule has 3 aromatic rings. The number of H-pyrrole nitrogens is 1. The molecule has 0 bridgehead atoms. The average Bonchev–Trinajstić information content (AvgIpc) is 2.98. The maximum atomic E-state index is 14.9. The van der Waals surface area contributed by atoms with E-state index in [-0.39, 0.29) is 67.2 Å². The minimum atomic E-state index is -1.21. The van der Waals surface area contributed by atoms with Gasteiger partial charge in [0.05, 0.1) is 23.1 Å². The third-order valence-electron chi connectivity index (χ3n) is 6.37. The lowest BCUT2D eigenvalue weighted by atomic mass is 9.73. The molecule has 0 atom stereocenters. The Morgan fingerprint density at radius 3 is 2.56 bits per heavy atom. The number of nitrogens with zero attached hydrogens (tertiary/aromatic N) is 3. The lowest BCUT2D eigenvalue weighted by molar-refractivity contribution is -0.124. The van der Waals surface area contributed by atoms with Gasteiger partial charge in [-0.1, -0.05) is 6.07 Å². The number of aromatic nitrogens is 2. The van der Waals surface area contributed by atoms with E-state index in [1.807, 2.05) is 0 Å². The number of halogens is 3. The first kappa shape index (κ1) is 20.5. The van der Waals surface area contributed by atoms with Crippen molar-refractivity contribution in [3.63, 3.8) is 0 Å². The van der Waals surface area contributed by atoms with Crippen LogP contribution in [0.4, 0.5) is 24.8 Å². The zero-order valence-corrected chi connectivity index (χ0v) is 16.9. The molecule has 1 saturated heterocycles. The summed E-state index contributed by atoms with van der Waals surface area (Å²) in [7, 11) is 0. The Labute approximate surface area is 180 Å². The molecule has 1 aromatic heterocycles. The molecule has 5 rings (SSSR count). The molecule has 0 aliphatic carbocycles. The molecule has 0 radical (unpaired) electrons. The highest BCUT2D eigenvalue weighted by Gasteiger charge is 2.54.